The Bertz CT molecular complexity index is 1140. The lowest BCUT2D eigenvalue weighted by atomic mass is 10.2. The smallest absolute Gasteiger partial charge is 0.276 e. The number of hydrazone groups is 1. The fraction of sp³-hybridized carbons (Fsp3) is 0.0952. The Kier molecular flexibility index (Phi) is 7.36. The van der Waals surface area contributed by atoms with E-state index in [1.807, 2.05) is 30.3 Å². The van der Waals surface area contributed by atoms with Crippen LogP contribution in [0.3, 0.4) is 0 Å². The molecule has 0 unspecified atom stereocenters. The monoisotopic (exact) mass is 508 g/mol. The second-order valence-corrected chi connectivity index (χ2v) is 9.07. The molecule has 3 aromatic rings. The van der Waals surface area contributed by atoms with Crippen molar-refractivity contribution in [1.29, 1.82) is 0 Å². The number of ether oxygens (including phenoxy) is 2. The van der Waals surface area contributed by atoms with Crippen LogP contribution >= 0.6 is 27.5 Å². The second-order valence-electron chi connectivity index (χ2n) is 6.12. The van der Waals surface area contributed by atoms with Gasteiger partial charge in [-0.05, 0) is 63.5 Å². The van der Waals surface area contributed by atoms with Crippen molar-refractivity contribution in [2.75, 3.05) is 7.11 Å². The average molecular weight is 510 g/mol. The summed E-state index contributed by atoms with van der Waals surface area (Å²) in [7, 11) is -2.27. The van der Waals surface area contributed by atoms with E-state index < -0.39 is 10.0 Å². The summed E-state index contributed by atoms with van der Waals surface area (Å²) in [5.41, 5.74) is 1.64. The second kappa shape index (κ2) is 9.97. The number of methoxy groups -OCH3 is 1. The molecule has 0 amide bonds. The molecule has 6 nitrogen and oxygen atoms in total. The Hall–Kier alpha value is -2.55. The Labute approximate surface area is 188 Å². The van der Waals surface area contributed by atoms with Crippen LogP contribution in [0, 0.1) is 0 Å². The van der Waals surface area contributed by atoms with Gasteiger partial charge in [0.2, 0.25) is 0 Å². The van der Waals surface area contributed by atoms with Crippen LogP contribution in [0.5, 0.6) is 11.5 Å². The summed E-state index contributed by atoms with van der Waals surface area (Å²) in [5.74, 6) is 1.03. The van der Waals surface area contributed by atoms with Crippen molar-refractivity contribution in [3.05, 3.63) is 87.4 Å². The van der Waals surface area contributed by atoms with E-state index >= 15 is 0 Å². The lowest BCUT2D eigenvalue weighted by Gasteiger charge is -2.13. The van der Waals surface area contributed by atoms with Gasteiger partial charge < -0.3 is 9.47 Å². The summed E-state index contributed by atoms with van der Waals surface area (Å²) in [4.78, 5) is 2.24. The quantitative estimate of drug-likeness (QED) is 0.342. The van der Waals surface area contributed by atoms with Crippen LogP contribution in [0.1, 0.15) is 11.1 Å². The van der Waals surface area contributed by atoms with Gasteiger partial charge in [-0.1, -0.05) is 41.9 Å². The number of benzene rings is 3. The van der Waals surface area contributed by atoms with Crippen molar-refractivity contribution in [3.63, 3.8) is 0 Å². The van der Waals surface area contributed by atoms with Crippen molar-refractivity contribution in [3.8, 4) is 11.5 Å². The summed E-state index contributed by atoms with van der Waals surface area (Å²) in [6.45, 7) is 0.379. The topological polar surface area (TPSA) is 77.0 Å². The molecule has 0 aliphatic carbocycles. The molecule has 0 spiro atoms. The lowest BCUT2D eigenvalue weighted by molar-refractivity contribution is 0.282. The molecular weight excluding hydrogens is 492 g/mol. The Morgan fingerprint density at radius 1 is 1.10 bits per heavy atom. The van der Waals surface area contributed by atoms with Gasteiger partial charge in [-0.2, -0.15) is 13.5 Å². The molecule has 3 aromatic carbocycles. The number of nitrogens with zero attached hydrogens (tertiary/aromatic N) is 1. The summed E-state index contributed by atoms with van der Waals surface area (Å²) in [5, 5.41) is 4.29. The van der Waals surface area contributed by atoms with Gasteiger partial charge in [-0.25, -0.2) is 4.83 Å². The zero-order valence-corrected chi connectivity index (χ0v) is 19.0. The number of nitrogens with one attached hydrogen (secondary N) is 1. The Balaban J connectivity index is 1.73. The molecular formula is C21H18BrClN2O4S. The van der Waals surface area contributed by atoms with Gasteiger partial charge in [0.1, 0.15) is 6.61 Å². The number of halogens is 2. The molecule has 0 aromatic heterocycles. The van der Waals surface area contributed by atoms with E-state index in [1.54, 1.807) is 12.1 Å². The molecule has 0 radical (unpaired) electrons. The Morgan fingerprint density at radius 2 is 1.80 bits per heavy atom. The van der Waals surface area contributed by atoms with Gasteiger partial charge in [0, 0.05) is 5.02 Å². The first-order chi connectivity index (χ1) is 14.4. The molecule has 0 fully saturated rings. The molecule has 0 saturated heterocycles. The molecule has 3 rings (SSSR count). The van der Waals surface area contributed by atoms with E-state index in [4.69, 9.17) is 21.1 Å². The minimum absolute atomic E-state index is 0.0625. The Morgan fingerprint density at radius 3 is 2.47 bits per heavy atom. The molecule has 0 aliphatic rings. The van der Waals surface area contributed by atoms with Crippen LogP contribution in [0.4, 0.5) is 0 Å². The van der Waals surface area contributed by atoms with E-state index in [2.05, 4.69) is 25.9 Å². The maximum Gasteiger partial charge on any atom is 0.276 e. The van der Waals surface area contributed by atoms with E-state index in [0.29, 0.717) is 33.2 Å². The minimum atomic E-state index is -3.79. The largest absolute Gasteiger partial charge is 0.493 e. The van der Waals surface area contributed by atoms with Gasteiger partial charge in [-0.3, -0.25) is 0 Å². The van der Waals surface area contributed by atoms with Crippen molar-refractivity contribution < 1.29 is 17.9 Å². The summed E-state index contributed by atoms with van der Waals surface area (Å²) >= 11 is 9.26. The highest BCUT2D eigenvalue weighted by atomic mass is 79.9. The highest BCUT2D eigenvalue weighted by Gasteiger charge is 2.13. The van der Waals surface area contributed by atoms with Crippen LogP contribution in [-0.2, 0) is 16.6 Å². The number of hydrogen-bond acceptors (Lipinski definition) is 5. The number of hydrogen-bond donors (Lipinski definition) is 1. The predicted octanol–water partition coefficient (Wildman–Crippen LogP) is 5.00. The SMILES string of the molecule is COc1cc(/C=N\NS(=O)(=O)c2ccc(Cl)cc2)cc(Br)c1OCc1ccccc1. The lowest BCUT2D eigenvalue weighted by Crippen LogP contribution is -2.18. The van der Waals surface area contributed by atoms with Gasteiger partial charge in [0.25, 0.3) is 10.0 Å². The van der Waals surface area contributed by atoms with Gasteiger partial charge in [0.05, 0.1) is 22.7 Å². The van der Waals surface area contributed by atoms with Crippen molar-refractivity contribution in [2.24, 2.45) is 5.10 Å². The number of rotatable bonds is 8. The normalized spacial score (nSPS) is 11.4. The highest BCUT2D eigenvalue weighted by molar-refractivity contribution is 9.10. The molecule has 1 N–H and O–H groups in total. The first-order valence-corrected chi connectivity index (χ1v) is 11.4. The zero-order chi connectivity index (χ0) is 21.6. The van der Waals surface area contributed by atoms with Crippen LogP contribution in [0.25, 0.3) is 0 Å². The third-order valence-electron chi connectivity index (χ3n) is 3.99. The molecule has 0 aliphatic heterocycles. The van der Waals surface area contributed by atoms with Crippen molar-refractivity contribution in [1.82, 2.24) is 4.83 Å². The third-order valence-corrected chi connectivity index (χ3v) is 6.07. The fourth-order valence-electron chi connectivity index (χ4n) is 2.52. The molecule has 0 bridgehead atoms. The molecule has 30 heavy (non-hydrogen) atoms. The van der Waals surface area contributed by atoms with E-state index in [1.165, 1.54) is 37.6 Å². The molecule has 9 heteroatoms. The molecule has 0 atom stereocenters. The predicted molar refractivity (Wildman–Crippen MR) is 121 cm³/mol. The van der Waals surface area contributed by atoms with E-state index in [-0.39, 0.29) is 4.90 Å². The average Bonchev–Trinajstić information content (AvgIpc) is 2.73. The van der Waals surface area contributed by atoms with Gasteiger partial charge >= 0.3 is 0 Å². The standard InChI is InChI=1S/C21H18BrClN2O4S/c1-28-20-12-16(11-19(22)21(20)29-14-15-5-3-2-4-6-15)13-24-25-30(26,27)18-9-7-17(23)8-10-18/h2-13,25H,14H2,1H3/b24-13-. The summed E-state index contributed by atoms with van der Waals surface area (Å²) in [6.07, 6.45) is 1.38. The van der Waals surface area contributed by atoms with Crippen LogP contribution in [0.2, 0.25) is 5.02 Å². The highest BCUT2D eigenvalue weighted by Crippen LogP contribution is 2.36. The fourth-order valence-corrected chi connectivity index (χ4v) is 4.01. The molecule has 156 valence electrons. The maximum absolute atomic E-state index is 12.3. The summed E-state index contributed by atoms with van der Waals surface area (Å²) < 4.78 is 36.5. The van der Waals surface area contributed by atoms with Gasteiger partial charge in [0.15, 0.2) is 11.5 Å². The summed E-state index contributed by atoms with van der Waals surface area (Å²) in [6, 6.07) is 19.0. The first kappa shape index (κ1) is 22.1. The first-order valence-electron chi connectivity index (χ1n) is 8.74. The van der Waals surface area contributed by atoms with E-state index in [0.717, 1.165) is 5.56 Å². The van der Waals surface area contributed by atoms with Crippen LogP contribution in [0.15, 0.2) is 81.2 Å². The van der Waals surface area contributed by atoms with Crippen molar-refractivity contribution >= 4 is 43.8 Å². The molecule has 0 heterocycles. The van der Waals surface area contributed by atoms with Crippen molar-refractivity contribution in [2.45, 2.75) is 11.5 Å². The zero-order valence-electron chi connectivity index (χ0n) is 15.9. The van der Waals surface area contributed by atoms with Crippen LogP contribution in [-0.4, -0.2) is 21.7 Å². The van der Waals surface area contributed by atoms with Crippen LogP contribution < -0.4 is 14.3 Å². The van der Waals surface area contributed by atoms with Gasteiger partial charge in [-0.15, -0.1) is 0 Å². The van der Waals surface area contributed by atoms with E-state index in [9.17, 15) is 8.42 Å². The maximum atomic E-state index is 12.3. The number of sulfonamides is 1. The third kappa shape index (κ3) is 5.75. The minimum Gasteiger partial charge on any atom is -0.493 e. The molecule has 0 saturated carbocycles.